The lowest BCUT2D eigenvalue weighted by Crippen LogP contribution is -2.48. The molecule has 8 nitrogen and oxygen atoms in total. The molecule has 1 N–H and O–H groups in total. The molecule has 11 heteroatoms. The van der Waals surface area contributed by atoms with Gasteiger partial charge in [-0.15, -0.1) is 11.3 Å². The molecule has 0 unspecified atom stereocenters. The minimum Gasteiger partial charge on any atom is -0.423 e. The number of anilines is 1. The van der Waals surface area contributed by atoms with Crippen molar-refractivity contribution < 1.29 is 22.0 Å². The SMILES string of the molecule is O=C(NCCc1ccccc1F)c1ccc2oc(N3CCN(S(=O)(=O)c4cccs4)CC3)nc2c1. The number of rotatable bonds is 7. The van der Waals surface area contributed by atoms with Crippen molar-refractivity contribution in [3.8, 4) is 0 Å². The lowest BCUT2D eigenvalue weighted by molar-refractivity contribution is 0.0954. The van der Waals surface area contributed by atoms with Gasteiger partial charge in [-0.05, 0) is 47.7 Å². The van der Waals surface area contributed by atoms with E-state index in [0.717, 1.165) is 0 Å². The molecule has 0 atom stereocenters. The van der Waals surface area contributed by atoms with Crippen LogP contribution in [0.3, 0.4) is 0 Å². The number of halogens is 1. The summed E-state index contributed by atoms with van der Waals surface area (Å²) >= 11 is 1.21. The number of hydrogen-bond acceptors (Lipinski definition) is 7. The Bertz CT molecular complexity index is 1450. The fourth-order valence-electron chi connectivity index (χ4n) is 3.96. The lowest BCUT2D eigenvalue weighted by Gasteiger charge is -2.32. The van der Waals surface area contributed by atoms with E-state index >= 15 is 0 Å². The summed E-state index contributed by atoms with van der Waals surface area (Å²) in [6.45, 7) is 1.85. The maximum absolute atomic E-state index is 13.7. The Morgan fingerprint density at radius 3 is 2.63 bits per heavy atom. The summed E-state index contributed by atoms with van der Waals surface area (Å²) in [5, 5.41) is 4.55. The first-order chi connectivity index (χ1) is 16.9. The van der Waals surface area contributed by atoms with Crippen LogP contribution in [0.2, 0.25) is 0 Å². The van der Waals surface area contributed by atoms with Crippen molar-refractivity contribution in [3.63, 3.8) is 0 Å². The number of hydrogen-bond donors (Lipinski definition) is 1. The van der Waals surface area contributed by atoms with Crippen LogP contribution in [-0.2, 0) is 16.4 Å². The molecular formula is C24H23FN4O4S2. The number of carbonyl (C=O) groups is 1. The molecule has 1 fully saturated rings. The molecule has 1 aliphatic heterocycles. The highest BCUT2D eigenvalue weighted by Crippen LogP contribution is 2.26. The largest absolute Gasteiger partial charge is 0.423 e. The normalized spacial score (nSPS) is 14.9. The summed E-state index contributed by atoms with van der Waals surface area (Å²) in [5.41, 5.74) is 2.05. The minimum atomic E-state index is -3.48. The van der Waals surface area contributed by atoms with Crippen LogP contribution in [0.25, 0.3) is 11.1 Å². The van der Waals surface area contributed by atoms with E-state index in [1.165, 1.54) is 21.7 Å². The maximum Gasteiger partial charge on any atom is 0.298 e. The number of oxazole rings is 1. The van der Waals surface area contributed by atoms with E-state index in [1.54, 1.807) is 53.9 Å². The summed E-state index contributed by atoms with van der Waals surface area (Å²) in [6, 6.07) is 15.2. The third-order valence-electron chi connectivity index (χ3n) is 5.87. The third-order valence-corrected chi connectivity index (χ3v) is 9.15. The second-order valence-electron chi connectivity index (χ2n) is 8.10. The van der Waals surface area contributed by atoms with Crippen molar-refractivity contribution >= 4 is 44.4 Å². The van der Waals surface area contributed by atoms with Crippen molar-refractivity contribution in [2.45, 2.75) is 10.6 Å². The number of sulfonamides is 1. The average Bonchev–Trinajstić information content (AvgIpc) is 3.55. The van der Waals surface area contributed by atoms with Crippen LogP contribution in [0.4, 0.5) is 10.4 Å². The van der Waals surface area contributed by atoms with Crippen LogP contribution in [0.1, 0.15) is 15.9 Å². The second kappa shape index (κ2) is 9.76. The van der Waals surface area contributed by atoms with Crippen LogP contribution in [0.5, 0.6) is 0 Å². The van der Waals surface area contributed by atoms with Gasteiger partial charge in [0.25, 0.3) is 21.9 Å². The number of nitrogens with one attached hydrogen (secondary N) is 1. The van der Waals surface area contributed by atoms with Gasteiger partial charge >= 0.3 is 0 Å². The van der Waals surface area contributed by atoms with Crippen molar-refractivity contribution in [1.29, 1.82) is 0 Å². The van der Waals surface area contributed by atoms with Gasteiger partial charge in [-0.3, -0.25) is 4.79 Å². The molecule has 2 aromatic heterocycles. The van der Waals surface area contributed by atoms with Crippen LogP contribution in [0.15, 0.2) is 68.6 Å². The number of amides is 1. The number of piperazine rings is 1. The summed E-state index contributed by atoms with van der Waals surface area (Å²) in [4.78, 5) is 19.0. The third kappa shape index (κ3) is 4.93. The maximum atomic E-state index is 13.7. The van der Waals surface area contributed by atoms with E-state index in [-0.39, 0.29) is 11.7 Å². The quantitative estimate of drug-likeness (QED) is 0.406. The van der Waals surface area contributed by atoms with Gasteiger partial charge in [-0.25, -0.2) is 12.8 Å². The summed E-state index contributed by atoms with van der Waals surface area (Å²) in [5.74, 6) is -0.566. The zero-order valence-electron chi connectivity index (χ0n) is 18.7. The van der Waals surface area contributed by atoms with Gasteiger partial charge < -0.3 is 14.6 Å². The fraction of sp³-hybridized carbons (Fsp3) is 0.250. The predicted octanol–water partition coefficient (Wildman–Crippen LogP) is 3.51. The highest BCUT2D eigenvalue weighted by atomic mass is 32.2. The molecular weight excluding hydrogens is 491 g/mol. The predicted molar refractivity (Wildman–Crippen MR) is 132 cm³/mol. The van der Waals surface area contributed by atoms with Crippen molar-refractivity contribution in [1.82, 2.24) is 14.6 Å². The molecule has 0 bridgehead atoms. The molecule has 5 rings (SSSR count). The van der Waals surface area contributed by atoms with E-state index in [0.29, 0.717) is 71.6 Å². The van der Waals surface area contributed by atoms with E-state index in [2.05, 4.69) is 10.3 Å². The van der Waals surface area contributed by atoms with Gasteiger partial charge in [0.1, 0.15) is 15.5 Å². The van der Waals surface area contributed by atoms with E-state index in [9.17, 15) is 17.6 Å². The number of thiophene rings is 1. The highest BCUT2D eigenvalue weighted by molar-refractivity contribution is 7.91. The van der Waals surface area contributed by atoms with E-state index in [4.69, 9.17) is 4.42 Å². The molecule has 1 amide bonds. The van der Waals surface area contributed by atoms with Crippen molar-refractivity contribution in [3.05, 3.63) is 76.9 Å². The monoisotopic (exact) mass is 514 g/mol. The number of aromatic nitrogens is 1. The van der Waals surface area contributed by atoms with Gasteiger partial charge in [0, 0.05) is 38.3 Å². The Morgan fingerprint density at radius 1 is 1.09 bits per heavy atom. The standard InChI is InChI=1S/C24H23FN4O4S2/c25-19-5-2-1-4-17(19)9-10-26-23(30)18-7-8-21-20(16-18)27-24(33-21)28-11-13-29(14-12-28)35(31,32)22-6-3-15-34-22/h1-8,15-16H,9-14H2,(H,26,30). The molecule has 0 radical (unpaired) electrons. The molecule has 0 saturated carbocycles. The fourth-order valence-corrected chi connectivity index (χ4v) is 6.53. The Morgan fingerprint density at radius 2 is 1.89 bits per heavy atom. The number of nitrogens with zero attached hydrogens (tertiary/aromatic N) is 3. The molecule has 35 heavy (non-hydrogen) atoms. The second-order valence-corrected chi connectivity index (χ2v) is 11.2. The van der Waals surface area contributed by atoms with Gasteiger partial charge in [-0.1, -0.05) is 24.3 Å². The molecule has 3 heterocycles. The number of fused-ring (bicyclic) bond motifs is 1. The van der Waals surface area contributed by atoms with Crippen LogP contribution < -0.4 is 10.2 Å². The Balaban J connectivity index is 1.21. The Labute approximate surface area is 206 Å². The smallest absolute Gasteiger partial charge is 0.298 e. The first-order valence-electron chi connectivity index (χ1n) is 11.1. The van der Waals surface area contributed by atoms with Crippen molar-refractivity contribution in [2.24, 2.45) is 0 Å². The van der Waals surface area contributed by atoms with Crippen molar-refractivity contribution in [2.75, 3.05) is 37.6 Å². The van der Waals surface area contributed by atoms with E-state index < -0.39 is 10.0 Å². The highest BCUT2D eigenvalue weighted by Gasteiger charge is 2.30. The van der Waals surface area contributed by atoms with E-state index in [1.807, 2.05) is 4.90 Å². The summed E-state index contributed by atoms with van der Waals surface area (Å²) < 4.78 is 46.9. The Kier molecular flexibility index (Phi) is 6.54. The zero-order valence-corrected chi connectivity index (χ0v) is 20.3. The first-order valence-corrected chi connectivity index (χ1v) is 13.4. The molecule has 2 aromatic carbocycles. The van der Waals surface area contributed by atoms with Gasteiger partial charge in [0.2, 0.25) is 0 Å². The van der Waals surface area contributed by atoms with Gasteiger partial charge in [0.15, 0.2) is 5.58 Å². The summed E-state index contributed by atoms with van der Waals surface area (Å²) in [6.07, 6.45) is 0.392. The van der Waals surface area contributed by atoms with Crippen LogP contribution in [0, 0.1) is 5.82 Å². The molecule has 0 spiro atoms. The summed E-state index contributed by atoms with van der Waals surface area (Å²) in [7, 11) is -3.48. The van der Waals surface area contributed by atoms with Crippen LogP contribution in [-0.4, -0.2) is 56.3 Å². The topological polar surface area (TPSA) is 95.8 Å². The van der Waals surface area contributed by atoms with Gasteiger partial charge in [0.05, 0.1) is 0 Å². The molecule has 0 aliphatic carbocycles. The Hall–Kier alpha value is -3.28. The molecule has 182 valence electrons. The number of benzene rings is 2. The molecule has 4 aromatic rings. The molecule has 1 saturated heterocycles. The average molecular weight is 515 g/mol. The lowest BCUT2D eigenvalue weighted by atomic mass is 10.1. The number of carbonyl (C=O) groups excluding carboxylic acids is 1. The minimum absolute atomic E-state index is 0.278. The molecule has 1 aliphatic rings. The first kappa shape index (κ1) is 23.5. The van der Waals surface area contributed by atoms with Gasteiger partial charge in [-0.2, -0.15) is 9.29 Å². The zero-order chi connectivity index (χ0) is 24.4. The van der Waals surface area contributed by atoms with Crippen LogP contribution >= 0.6 is 11.3 Å².